The van der Waals surface area contributed by atoms with Crippen molar-refractivity contribution in [2.24, 2.45) is 5.73 Å². The minimum Gasteiger partial charge on any atom is -0.482 e. The van der Waals surface area contributed by atoms with E-state index in [1.165, 1.54) is 11.3 Å². The van der Waals surface area contributed by atoms with Crippen molar-refractivity contribution in [3.63, 3.8) is 0 Å². The van der Waals surface area contributed by atoms with Gasteiger partial charge in [-0.1, -0.05) is 0 Å². The minimum atomic E-state index is -0.701. The summed E-state index contributed by atoms with van der Waals surface area (Å²) < 4.78 is 17.2. The molecule has 0 unspecified atom stereocenters. The van der Waals surface area contributed by atoms with Crippen molar-refractivity contribution in [3.8, 4) is 5.75 Å². The summed E-state index contributed by atoms with van der Waals surface area (Å²) in [5.41, 5.74) is 11.9. The zero-order valence-corrected chi connectivity index (χ0v) is 13.1. The van der Waals surface area contributed by atoms with Gasteiger partial charge in [0.1, 0.15) is 11.4 Å². The van der Waals surface area contributed by atoms with Crippen molar-refractivity contribution in [1.82, 2.24) is 0 Å². The van der Waals surface area contributed by atoms with Crippen LogP contribution in [-0.2, 0) is 9.53 Å². The van der Waals surface area contributed by atoms with Crippen molar-refractivity contribution in [2.45, 2.75) is 6.92 Å². The number of thiophene rings is 1. The highest BCUT2D eigenvalue weighted by molar-refractivity contribution is 7.26. The maximum Gasteiger partial charge on any atom is 0.344 e. The van der Waals surface area contributed by atoms with Gasteiger partial charge in [-0.25, -0.2) is 4.79 Å². The molecule has 120 valence electrons. The number of primary amides is 1. The Morgan fingerprint density at radius 2 is 2.13 bits per heavy atom. The summed E-state index contributed by atoms with van der Waals surface area (Å²) in [5.74, 6) is -0.629. The molecular weight excluding hydrogens is 320 g/mol. The largest absolute Gasteiger partial charge is 0.482 e. The second kappa shape index (κ2) is 5.81. The molecule has 23 heavy (non-hydrogen) atoms. The first kappa shape index (κ1) is 15.2. The van der Waals surface area contributed by atoms with Gasteiger partial charge < -0.3 is 25.4 Å². The van der Waals surface area contributed by atoms with Crippen LogP contribution in [0.2, 0.25) is 0 Å². The Morgan fingerprint density at radius 3 is 2.83 bits per heavy atom. The molecule has 0 aliphatic heterocycles. The Balaban J connectivity index is 1.93. The number of nitrogen functional groups attached to an aromatic ring is 1. The van der Waals surface area contributed by atoms with Crippen LogP contribution < -0.4 is 16.2 Å². The lowest BCUT2D eigenvalue weighted by atomic mass is 10.2. The van der Waals surface area contributed by atoms with Gasteiger partial charge in [0, 0.05) is 10.1 Å². The molecule has 0 fully saturated rings. The average molecular weight is 334 g/mol. The highest BCUT2D eigenvalue weighted by Gasteiger charge is 2.20. The molecule has 3 aromatic rings. The number of ether oxygens (including phenoxy) is 2. The van der Waals surface area contributed by atoms with Crippen molar-refractivity contribution in [3.05, 3.63) is 24.0 Å². The third kappa shape index (κ3) is 2.68. The number of anilines is 1. The summed E-state index contributed by atoms with van der Waals surface area (Å²) in [6.07, 6.45) is 0. The van der Waals surface area contributed by atoms with Gasteiger partial charge in [-0.05, 0) is 25.1 Å². The lowest BCUT2D eigenvalue weighted by Crippen LogP contribution is -2.14. The summed E-state index contributed by atoms with van der Waals surface area (Å²) >= 11 is 1.36. The highest BCUT2D eigenvalue weighted by atomic mass is 32.1. The van der Waals surface area contributed by atoms with E-state index in [-0.39, 0.29) is 18.1 Å². The molecule has 8 heteroatoms. The standard InChI is InChI=1S/C15H14N2O5S/c1-2-20-10(18)6-21-7-3-4-8-9(5-7)23-14-11(16)13(15(17)19)22-12(8)14/h3-5H,2,6,16H2,1H3,(H2,17,19). The van der Waals surface area contributed by atoms with Crippen LogP contribution in [0.15, 0.2) is 22.6 Å². The van der Waals surface area contributed by atoms with E-state index in [2.05, 4.69) is 0 Å². The Kier molecular flexibility index (Phi) is 3.83. The number of amides is 1. The first-order valence-electron chi connectivity index (χ1n) is 6.84. The van der Waals surface area contributed by atoms with Crippen LogP contribution in [0.3, 0.4) is 0 Å². The Labute approximate surface area is 134 Å². The first-order valence-corrected chi connectivity index (χ1v) is 7.65. The topological polar surface area (TPSA) is 118 Å². The second-order valence-corrected chi connectivity index (χ2v) is 5.77. The molecule has 0 atom stereocenters. The van der Waals surface area contributed by atoms with E-state index in [1.807, 2.05) is 0 Å². The van der Waals surface area contributed by atoms with Crippen LogP contribution in [-0.4, -0.2) is 25.1 Å². The van der Waals surface area contributed by atoms with Crippen molar-refractivity contribution < 1.29 is 23.5 Å². The van der Waals surface area contributed by atoms with Crippen LogP contribution in [0.25, 0.3) is 20.4 Å². The fourth-order valence-corrected chi connectivity index (χ4v) is 3.32. The lowest BCUT2D eigenvalue weighted by molar-refractivity contribution is -0.145. The van der Waals surface area contributed by atoms with Gasteiger partial charge in [-0.2, -0.15) is 0 Å². The van der Waals surface area contributed by atoms with Gasteiger partial charge in [-0.3, -0.25) is 4.79 Å². The van der Waals surface area contributed by atoms with Gasteiger partial charge in [0.15, 0.2) is 12.2 Å². The van der Waals surface area contributed by atoms with Crippen molar-refractivity contribution in [1.29, 1.82) is 0 Å². The van der Waals surface area contributed by atoms with Crippen molar-refractivity contribution in [2.75, 3.05) is 18.9 Å². The molecule has 0 saturated heterocycles. The number of rotatable bonds is 5. The molecule has 0 aliphatic rings. The molecule has 0 aliphatic carbocycles. The number of hydrogen-bond acceptors (Lipinski definition) is 7. The summed E-state index contributed by atoms with van der Waals surface area (Å²) in [6, 6.07) is 5.26. The Bertz CT molecular complexity index is 912. The van der Waals surface area contributed by atoms with Gasteiger partial charge in [0.2, 0.25) is 5.76 Å². The summed E-state index contributed by atoms with van der Waals surface area (Å²) in [4.78, 5) is 22.6. The predicted octanol–water partition coefficient (Wildman–Crippen LogP) is 2.27. The number of carbonyl (C=O) groups excluding carboxylic acids is 2. The highest BCUT2D eigenvalue weighted by Crippen LogP contribution is 2.41. The zero-order chi connectivity index (χ0) is 16.6. The van der Waals surface area contributed by atoms with E-state index < -0.39 is 11.9 Å². The third-order valence-electron chi connectivity index (χ3n) is 3.20. The fraction of sp³-hybridized carbons (Fsp3) is 0.200. The molecule has 4 N–H and O–H groups in total. The average Bonchev–Trinajstić information content (AvgIpc) is 3.02. The molecule has 2 heterocycles. The lowest BCUT2D eigenvalue weighted by Gasteiger charge is -2.05. The number of fused-ring (bicyclic) bond motifs is 3. The molecular formula is C15H14N2O5S. The number of nitrogens with two attached hydrogens (primary N) is 2. The molecule has 1 amide bonds. The van der Waals surface area contributed by atoms with Gasteiger partial charge in [0.05, 0.1) is 11.3 Å². The van der Waals surface area contributed by atoms with Gasteiger partial charge in [0.25, 0.3) is 5.91 Å². The number of furan rings is 1. The number of hydrogen-bond donors (Lipinski definition) is 2. The Hall–Kier alpha value is -2.74. The van der Waals surface area contributed by atoms with Crippen molar-refractivity contribution >= 4 is 49.3 Å². The minimum absolute atomic E-state index is 0.0317. The Morgan fingerprint density at radius 1 is 1.35 bits per heavy atom. The predicted molar refractivity (Wildman–Crippen MR) is 86.7 cm³/mol. The zero-order valence-electron chi connectivity index (χ0n) is 12.3. The van der Waals surface area contributed by atoms with Crippen LogP contribution in [0.5, 0.6) is 5.75 Å². The fourth-order valence-electron chi connectivity index (χ4n) is 2.21. The van der Waals surface area contributed by atoms with E-state index in [4.69, 9.17) is 25.4 Å². The maximum atomic E-state index is 11.3. The van der Waals surface area contributed by atoms with E-state index in [1.54, 1.807) is 25.1 Å². The molecule has 0 spiro atoms. The molecule has 3 rings (SSSR count). The van der Waals surface area contributed by atoms with Gasteiger partial charge >= 0.3 is 5.97 Å². The number of esters is 1. The van der Waals surface area contributed by atoms with Gasteiger partial charge in [-0.15, -0.1) is 11.3 Å². The number of benzene rings is 1. The van der Waals surface area contributed by atoms with E-state index >= 15 is 0 Å². The molecule has 7 nitrogen and oxygen atoms in total. The smallest absolute Gasteiger partial charge is 0.344 e. The van der Waals surface area contributed by atoms with Crippen LogP contribution in [0, 0.1) is 0 Å². The van der Waals surface area contributed by atoms with E-state index in [0.29, 0.717) is 22.6 Å². The number of carbonyl (C=O) groups is 2. The maximum absolute atomic E-state index is 11.3. The van der Waals surface area contributed by atoms with Crippen LogP contribution >= 0.6 is 11.3 Å². The summed E-state index contributed by atoms with van der Waals surface area (Å²) in [7, 11) is 0. The molecule has 0 saturated carbocycles. The summed E-state index contributed by atoms with van der Waals surface area (Å²) in [5, 5.41) is 0.799. The molecule has 1 aromatic carbocycles. The third-order valence-corrected chi connectivity index (χ3v) is 4.36. The van der Waals surface area contributed by atoms with E-state index in [9.17, 15) is 9.59 Å². The first-order chi connectivity index (χ1) is 11.0. The van der Waals surface area contributed by atoms with Crippen LogP contribution in [0.1, 0.15) is 17.5 Å². The van der Waals surface area contributed by atoms with Crippen LogP contribution in [0.4, 0.5) is 5.69 Å². The second-order valence-electron chi connectivity index (χ2n) is 4.72. The summed E-state index contributed by atoms with van der Waals surface area (Å²) in [6.45, 7) is 1.88. The van der Waals surface area contributed by atoms with E-state index in [0.717, 1.165) is 10.1 Å². The normalized spacial score (nSPS) is 11.0. The molecule has 0 bridgehead atoms. The molecule has 0 radical (unpaired) electrons. The quantitative estimate of drug-likeness (QED) is 0.691. The SMILES string of the molecule is CCOC(=O)COc1ccc2c(c1)sc1c(N)c(C(N)=O)oc12. The molecule has 2 aromatic heterocycles. The monoisotopic (exact) mass is 334 g/mol.